The van der Waals surface area contributed by atoms with E-state index in [2.05, 4.69) is 69.8 Å². The van der Waals surface area contributed by atoms with Crippen molar-refractivity contribution >= 4 is 28.2 Å². The summed E-state index contributed by atoms with van der Waals surface area (Å²) in [4.78, 5) is 31.4. The Kier molecular flexibility index (Phi) is 9.24. The molecule has 1 amide bonds. The summed E-state index contributed by atoms with van der Waals surface area (Å²) in [5.74, 6) is 0.720. The largest absolute Gasteiger partial charge is 0.462 e. The fourth-order valence-electron chi connectivity index (χ4n) is 6.90. The summed E-state index contributed by atoms with van der Waals surface area (Å²) in [5, 5.41) is 12.0. The number of carbonyl (C=O) groups excluding carboxylic acids is 1. The van der Waals surface area contributed by atoms with E-state index < -0.39 is 0 Å². The number of ether oxygens (including phenoxy) is 2. The van der Waals surface area contributed by atoms with E-state index in [1.165, 1.54) is 22.5 Å². The molecule has 1 unspecified atom stereocenters. The minimum atomic E-state index is -0.238. The predicted octanol–water partition coefficient (Wildman–Crippen LogP) is 3.80. The molecule has 230 valence electrons. The number of aromatic nitrogens is 2. The Morgan fingerprint density at radius 2 is 1.95 bits per heavy atom. The number of methoxy groups -OCH3 is 1. The molecule has 10 heteroatoms. The van der Waals surface area contributed by atoms with Gasteiger partial charge in [0.25, 0.3) is 0 Å². The van der Waals surface area contributed by atoms with Gasteiger partial charge in [0.05, 0.1) is 37.4 Å². The Morgan fingerprint density at radius 1 is 1.09 bits per heavy atom. The van der Waals surface area contributed by atoms with Crippen LogP contribution in [0.25, 0.3) is 10.8 Å². The predicted molar refractivity (Wildman–Crippen MR) is 171 cm³/mol. The highest BCUT2D eigenvalue weighted by Gasteiger charge is 2.34. The number of carbonyl (C=O) groups is 1. The summed E-state index contributed by atoms with van der Waals surface area (Å²) in [6, 6.07) is 17.7. The fraction of sp³-hybridized carbons (Fsp3) is 0.471. The summed E-state index contributed by atoms with van der Waals surface area (Å²) in [7, 11) is 1.74. The second-order valence-corrected chi connectivity index (χ2v) is 11.8. The summed E-state index contributed by atoms with van der Waals surface area (Å²) >= 11 is 0. The van der Waals surface area contributed by atoms with Gasteiger partial charge in [-0.2, -0.15) is 15.2 Å². The van der Waals surface area contributed by atoms with Crippen molar-refractivity contribution in [3.05, 3.63) is 66.4 Å². The fourth-order valence-corrected chi connectivity index (χ4v) is 6.90. The average Bonchev–Trinajstić information content (AvgIpc) is 3.52. The zero-order chi connectivity index (χ0) is 30.5. The lowest BCUT2D eigenvalue weighted by atomic mass is 10.0. The van der Waals surface area contributed by atoms with Crippen LogP contribution in [0.3, 0.4) is 0 Å². The monoisotopic (exact) mass is 595 g/mol. The van der Waals surface area contributed by atoms with Crippen LogP contribution in [-0.4, -0.2) is 97.4 Å². The second-order valence-electron chi connectivity index (χ2n) is 11.8. The summed E-state index contributed by atoms with van der Waals surface area (Å²) in [6.07, 6.45) is 4.59. The molecule has 2 fully saturated rings. The molecule has 3 aromatic rings. The zero-order valence-corrected chi connectivity index (χ0v) is 25.5. The lowest BCUT2D eigenvalue weighted by molar-refractivity contribution is -0.128. The number of fused-ring (bicyclic) bond motifs is 2. The number of hydrogen-bond acceptors (Lipinski definition) is 9. The van der Waals surface area contributed by atoms with Crippen LogP contribution in [0.5, 0.6) is 6.01 Å². The number of amides is 1. The highest BCUT2D eigenvalue weighted by atomic mass is 16.5. The summed E-state index contributed by atoms with van der Waals surface area (Å²) < 4.78 is 11.7. The first-order chi connectivity index (χ1) is 21.6. The third-order valence-electron chi connectivity index (χ3n) is 9.18. The minimum Gasteiger partial charge on any atom is -0.462 e. The van der Waals surface area contributed by atoms with Crippen LogP contribution in [0.4, 0.5) is 11.5 Å². The van der Waals surface area contributed by atoms with Gasteiger partial charge in [-0.1, -0.05) is 43.0 Å². The SMILES string of the molecule is C=CC(=O)N1CCN(c2nc(OC[C@@H]3CCCN3CCOC)nc3c2CCN(c2cccc4ccccc24)C3)CC1CC#N. The Morgan fingerprint density at radius 3 is 2.80 bits per heavy atom. The lowest BCUT2D eigenvalue weighted by Crippen LogP contribution is -2.55. The molecule has 0 N–H and O–H groups in total. The van der Waals surface area contributed by atoms with Gasteiger partial charge in [-0.25, -0.2) is 0 Å². The molecule has 0 spiro atoms. The van der Waals surface area contributed by atoms with Gasteiger partial charge in [0.2, 0.25) is 5.91 Å². The lowest BCUT2D eigenvalue weighted by Gasteiger charge is -2.42. The molecule has 0 aliphatic carbocycles. The average molecular weight is 596 g/mol. The maximum absolute atomic E-state index is 12.6. The topological polar surface area (TPSA) is 98.1 Å². The Bertz CT molecular complexity index is 1530. The van der Waals surface area contributed by atoms with Gasteiger partial charge in [-0.15, -0.1) is 0 Å². The molecule has 4 heterocycles. The van der Waals surface area contributed by atoms with E-state index >= 15 is 0 Å². The molecule has 1 aromatic heterocycles. The van der Waals surface area contributed by atoms with E-state index in [1.807, 2.05) is 0 Å². The molecule has 3 aliphatic rings. The van der Waals surface area contributed by atoms with Crippen molar-refractivity contribution in [2.24, 2.45) is 0 Å². The van der Waals surface area contributed by atoms with E-state index in [1.54, 1.807) is 12.0 Å². The Hall–Kier alpha value is -4.20. The highest BCUT2D eigenvalue weighted by Crippen LogP contribution is 2.35. The number of nitriles is 1. The van der Waals surface area contributed by atoms with Crippen molar-refractivity contribution in [2.45, 2.75) is 44.3 Å². The van der Waals surface area contributed by atoms with Gasteiger partial charge in [0.15, 0.2) is 0 Å². The molecule has 0 saturated carbocycles. The van der Waals surface area contributed by atoms with Crippen LogP contribution < -0.4 is 14.5 Å². The van der Waals surface area contributed by atoms with Gasteiger partial charge >= 0.3 is 6.01 Å². The smallest absolute Gasteiger partial charge is 0.318 e. The standard InChI is InChI=1S/C34H41N7O3/c1-3-32(42)41-19-18-40(22-26(41)13-15-35)33-29-14-17-39(31-12-6-9-25-8-4-5-11-28(25)31)23-30(29)36-34(37-33)44-24-27-10-7-16-38(27)20-21-43-2/h3-6,8-9,11-12,26-27H,1,7,10,13-14,16-24H2,2H3/t26?,27-/m0/s1. The molecule has 2 saturated heterocycles. The Balaban J connectivity index is 1.30. The zero-order valence-electron chi connectivity index (χ0n) is 25.5. The van der Waals surface area contributed by atoms with Crippen molar-refractivity contribution in [1.82, 2.24) is 19.8 Å². The van der Waals surface area contributed by atoms with Gasteiger partial charge in [0, 0.05) is 62.5 Å². The molecule has 0 radical (unpaired) electrons. The van der Waals surface area contributed by atoms with Crippen LogP contribution in [0.15, 0.2) is 55.1 Å². The molecule has 3 aliphatic heterocycles. The third-order valence-corrected chi connectivity index (χ3v) is 9.18. The number of anilines is 2. The van der Waals surface area contributed by atoms with Crippen LogP contribution in [0.2, 0.25) is 0 Å². The van der Waals surface area contributed by atoms with E-state index in [0.717, 1.165) is 56.0 Å². The number of hydrogen-bond donors (Lipinski definition) is 0. The number of rotatable bonds is 10. The third kappa shape index (κ3) is 6.21. The van der Waals surface area contributed by atoms with Gasteiger partial charge < -0.3 is 24.2 Å². The van der Waals surface area contributed by atoms with Crippen molar-refractivity contribution in [1.29, 1.82) is 5.26 Å². The highest BCUT2D eigenvalue weighted by molar-refractivity contribution is 5.94. The molecule has 10 nitrogen and oxygen atoms in total. The first-order valence-electron chi connectivity index (χ1n) is 15.6. The first kappa shape index (κ1) is 29.9. The van der Waals surface area contributed by atoms with Crippen LogP contribution in [0, 0.1) is 11.3 Å². The molecule has 0 bridgehead atoms. The van der Waals surface area contributed by atoms with Gasteiger partial charge in [0.1, 0.15) is 12.4 Å². The molecule has 6 rings (SSSR count). The van der Waals surface area contributed by atoms with Crippen LogP contribution in [-0.2, 0) is 22.5 Å². The Labute approximate surface area is 259 Å². The van der Waals surface area contributed by atoms with Crippen molar-refractivity contribution in [3.8, 4) is 12.1 Å². The van der Waals surface area contributed by atoms with Crippen molar-refractivity contribution in [2.75, 3.05) is 69.4 Å². The van der Waals surface area contributed by atoms with E-state index in [9.17, 15) is 10.1 Å². The molecule has 2 atom stereocenters. The number of nitrogens with zero attached hydrogens (tertiary/aromatic N) is 7. The maximum atomic E-state index is 12.6. The molecule has 2 aromatic carbocycles. The number of benzene rings is 2. The molecule has 44 heavy (non-hydrogen) atoms. The van der Waals surface area contributed by atoms with Crippen molar-refractivity contribution in [3.63, 3.8) is 0 Å². The van der Waals surface area contributed by atoms with Crippen molar-refractivity contribution < 1.29 is 14.3 Å². The normalized spacial score (nSPS) is 20.4. The van der Waals surface area contributed by atoms with E-state index in [-0.39, 0.29) is 18.4 Å². The number of likely N-dealkylation sites (tertiary alicyclic amines) is 1. The van der Waals surface area contributed by atoms with E-state index in [4.69, 9.17) is 19.4 Å². The first-order valence-corrected chi connectivity index (χ1v) is 15.6. The molecular formula is C34H41N7O3. The quantitative estimate of drug-likeness (QED) is 0.324. The summed E-state index contributed by atoms with van der Waals surface area (Å²) in [5.41, 5.74) is 3.28. The summed E-state index contributed by atoms with van der Waals surface area (Å²) in [6.45, 7) is 9.94. The van der Waals surface area contributed by atoms with Gasteiger partial charge in [-0.3, -0.25) is 9.69 Å². The van der Waals surface area contributed by atoms with Crippen LogP contribution >= 0.6 is 0 Å². The van der Waals surface area contributed by atoms with Crippen LogP contribution in [0.1, 0.15) is 30.5 Å². The molecular weight excluding hydrogens is 554 g/mol. The minimum absolute atomic E-state index is 0.140. The van der Waals surface area contributed by atoms with Gasteiger partial charge in [-0.05, 0) is 43.3 Å². The van der Waals surface area contributed by atoms with E-state index in [0.29, 0.717) is 51.4 Å². The maximum Gasteiger partial charge on any atom is 0.318 e. The second kappa shape index (κ2) is 13.6. The number of piperazine rings is 1.